The van der Waals surface area contributed by atoms with E-state index in [0.29, 0.717) is 11.3 Å². The fourth-order valence-electron chi connectivity index (χ4n) is 2.47. The van der Waals surface area contributed by atoms with Crippen LogP contribution in [0.1, 0.15) is 26.5 Å². The Labute approximate surface area is 139 Å². The lowest BCUT2D eigenvalue weighted by molar-refractivity contribution is -0.135. The van der Waals surface area contributed by atoms with E-state index >= 15 is 0 Å². The minimum atomic E-state index is -1.25. The number of amides is 1. The van der Waals surface area contributed by atoms with Crippen LogP contribution in [0.15, 0.2) is 16.5 Å². The molecule has 10 heteroatoms. The van der Waals surface area contributed by atoms with Gasteiger partial charge in [0, 0.05) is 16.6 Å². The summed E-state index contributed by atoms with van der Waals surface area (Å²) >= 11 is 1.35. The summed E-state index contributed by atoms with van der Waals surface area (Å²) in [6.45, 7) is -0.244. The smallest absolute Gasteiger partial charge is 0.322 e. The maximum Gasteiger partial charge on any atom is 0.322 e. The number of carbonyl (C=O) groups excluding carboxylic acids is 1. The van der Waals surface area contributed by atoms with Gasteiger partial charge in [-0.15, -0.1) is 11.3 Å². The normalized spacial score (nSPS) is 12.8. The zero-order valence-electron chi connectivity index (χ0n) is 12.3. The maximum atomic E-state index is 12.7. The van der Waals surface area contributed by atoms with Crippen molar-refractivity contribution in [1.82, 2.24) is 14.9 Å². The SMILES string of the molecule is O=C(O)CNC(=O)c1c(O)c2c(n(Cc3cncs3)c1=O)COC2. The molecule has 0 aromatic carbocycles. The molecule has 1 amide bonds. The van der Waals surface area contributed by atoms with Crippen LogP contribution in [0.3, 0.4) is 0 Å². The molecule has 126 valence electrons. The molecule has 0 fully saturated rings. The Balaban J connectivity index is 2.07. The van der Waals surface area contributed by atoms with E-state index in [4.69, 9.17) is 9.84 Å². The highest BCUT2D eigenvalue weighted by Crippen LogP contribution is 2.30. The zero-order valence-corrected chi connectivity index (χ0v) is 13.1. The van der Waals surface area contributed by atoms with Gasteiger partial charge in [0.25, 0.3) is 11.5 Å². The van der Waals surface area contributed by atoms with Crippen molar-refractivity contribution >= 4 is 23.2 Å². The van der Waals surface area contributed by atoms with Gasteiger partial charge in [0.2, 0.25) is 0 Å². The third-order valence-corrected chi connectivity index (χ3v) is 4.33. The first-order valence-corrected chi connectivity index (χ1v) is 7.79. The number of ether oxygens (including phenoxy) is 1. The summed E-state index contributed by atoms with van der Waals surface area (Å²) in [5, 5.41) is 21.0. The van der Waals surface area contributed by atoms with E-state index in [1.165, 1.54) is 15.9 Å². The number of nitrogens with one attached hydrogen (secondary N) is 1. The van der Waals surface area contributed by atoms with Crippen molar-refractivity contribution < 1.29 is 24.5 Å². The minimum absolute atomic E-state index is 0.0728. The highest BCUT2D eigenvalue weighted by molar-refractivity contribution is 7.09. The van der Waals surface area contributed by atoms with Crippen LogP contribution in [-0.4, -0.2) is 38.2 Å². The molecule has 0 unspecified atom stereocenters. The number of pyridine rings is 1. The van der Waals surface area contributed by atoms with Gasteiger partial charge in [0.15, 0.2) is 0 Å². The van der Waals surface area contributed by atoms with Crippen LogP contribution in [-0.2, 0) is 29.3 Å². The minimum Gasteiger partial charge on any atom is -0.506 e. The number of aliphatic carboxylic acids is 1. The number of hydrogen-bond donors (Lipinski definition) is 3. The lowest BCUT2D eigenvalue weighted by Crippen LogP contribution is -2.37. The number of carboxylic acid groups (broad SMARTS) is 1. The number of fused-ring (bicyclic) bond motifs is 1. The van der Waals surface area contributed by atoms with Gasteiger partial charge in [0.05, 0.1) is 31.0 Å². The van der Waals surface area contributed by atoms with Crippen LogP contribution in [0, 0.1) is 0 Å². The molecule has 2 aromatic heterocycles. The number of aromatic nitrogens is 2. The van der Waals surface area contributed by atoms with Crippen LogP contribution in [0.2, 0.25) is 0 Å². The molecule has 0 saturated carbocycles. The Morgan fingerprint density at radius 3 is 2.88 bits per heavy atom. The molecule has 9 nitrogen and oxygen atoms in total. The monoisotopic (exact) mass is 351 g/mol. The van der Waals surface area contributed by atoms with E-state index in [-0.39, 0.29) is 19.8 Å². The van der Waals surface area contributed by atoms with Crippen LogP contribution in [0.25, 0.3) is 0 Å². The van der Waals surface area contributed by atoms with Crippen molar-refractivity contribution in [3.63, 3.8) is 0 Å². The quantitative estimate of drug-likeness (QED) is 0.686. The molecular formula is C14H13N3O6S. The third-order valence-electron chi connectivity index (χ3n) is 3.57. The van der Waals surface area contributed by atoms with Crippen molar-refractivity contribution in [2.75, 3.05) is 6.54 Å². The van der Waals surface area contributed by atoms with E-state index in [0.717, 1.165) is 4.88 Å². The van der Waals surface area contributed by atoms with Crippen molar-refractivity contribution in [3.05, 3.63) is 43.8 Å². The molecule has 1 aliphatic heterocycles. The second kappa shape index (κ2) is 6.42. The molecule has 0 spiro atoms. The number of hydrogen-bond acceptors (Lipinski definition) is 7. The molecule has 0 radical (unpaired) electrons. The standard InChI is InChI=1S/C14H13N3O6S/c18-10(19)2-16-13(21)11-12(20)8-4-23-5-9(8)17(14(11)22)3-7-1-15-6-24-7/h1,6,20H,2-5H2,(H,16,21)(H,18,19). The van der Waals surface area contributed by atoms with Crippen molar-refractivity contribution in [2.24, 2.45) is 0 Å². The molecular weight excluding hydrogens is 338 g/mol. The fraction of sp³-hybridized carbons (Fsp3) is 0.286. The molecule has 0 saturated heterocycles. The number of aromatic hydroxyl groups is 1. The number of carboxylic acids is 1. The number of rotatable bonds is 5. The molecule has 0 bridgehead atoms. The second-order valence-electron chi connectivity index (χ2n) is 5.08. The van der Waals surface area contributed by atoms with Gasteiger partial charge >= 0.3 is 5.97 Å². The Bertz CT molecular complexity index is 858. The number of carbonyl (C=O) groups is 2. The van der Waals surface area contributed by atoms with Crippen molar-refractivity contribution in [1.29, 1.82) is 0 Å². The van der Waals surface area contributed by atoms with Crippen LogP contribution < -0.4 is 10.9 Å². The average Bonchev–Trinajstić information content (AvgIpc) is 3.20. The van der Waals surface area contributed by atoms with Gasteiger partial charge in [-0.3, -0.25) is 19.4 Å². The van der Waals surface area contributed by atoms with Crippen LogP contribution in [0.4, 0.5) is 0 Å². The number of nitrogens with zero attached hydrogens (tertiary/aromatic N) is 2. The van der Waals surface area contributed by atoms with E-state index in [9.17, 15) is 19.5 Å². The van der Waals surface area contributed by atoms with Gasteiger partial charge in [-0.2, -0.15) is 0 Å². The van der Waals surface area contributed by atoms with E-state index < -0.39 is 35.3 Å². The van der Waals surface area contributed by atoms with E-state index in [1.807, 2.05) is 0 Å². The summed E-state index contributed by atoms with van der Waals surface area (Å²) in [6.07, 6.45) is 1.61. The highest BCUT2D eigenvalue weighted by atomic mass is 32.1. The number of thiazole rings is 1. The van der Waals surface area contributed by atoms with E-state index in [2.05, 4.69) is 10.3 Å². The molecule has 3 heterocycles. The van der Waals surface area contributed by atoms with Crippen molar-refractivity contribution in [2.45, 2.75) is 19.8 Å². The maximum absolute atomic E-state index is 12.7. The first kappa shape index (κ1) is 16.1. The van der Waals surface area contributed by atoms with Gasteiger partial charge in [-0.1, -0.05) is 0 Å². The van der Waals surface area contributed by atoms with Crippen molar-refractivity contribution in [3.8, 4) is 5.75 Å². The summed E-state index contributed by atoms with van der Waals surface area (Å²) in [4.78, 5) is 40.2. The summed E-state index contributed by atoms with van der Waals surface area (Å²) < 4.78 is 6.64. The Kier molecular flexibility index (Phi) is 4.32. The van der Waals surface area contributed by atoms with Gasteiger partial charge in [-0.05, 0) is 0 Å². The highest BCUT2D eigenvalue weighted by Gasteiger charge is 2.29. The molecule has 3 rings (SSSR count). The topological polar surface area (TPSA) is 131 Å². The lowest BCUT2D eigenvalue weighted by atomic mass is 10.1. The first-order chi connectivity index (χ1) is 11.5. The van der Waals surface area contributed by atoms with Gasteiger partial charge in [-0.25, -0.2) is 0 Å². The molecule has 2 aromatic rings. The summed E-state index contributed by atoms with van der Waals surface area (Å²) in [7, 11) is 0. The van der Waals surface area contributed by atoms with E-state index in [1.54, 1.807) is 11.7 Å². The lowest BCUT2D eigenvalue weighted by Gasteiger charge is -2.14. The second-order valence-corrected chi connectivity index (χ2v) is 6.05. The largest absolute Gasteiger partial charge is 0.506 e. The Morgan fingerprint density at radius 2 is 2.21 bits per heavy atom. The third kappa shape index (κ3) is 2.88. The predicted octanol–water partition coefficient (Wildman–Crippen LogP) is -0.0967. The first-order valence-electron chi connectivity index (χ1n) is 6.91. The van der Waals surface area contributed by atoms with Crippen LogP contribution >= 0.6 is 11.3 Å². The molecule has 1 aliphatic rings. The molecule has 0 atom stereocenters. The Morgan fingerprint density at radius 1 is 1.42 bits per heavy atom. The Hall–Kier alpha value is -2.72. The molecule has 0 aliphatic carbocycles. The zero-order chi connectivity index (χ0) is 17.3. The molecule has 3 N–H and O–H groups in total. The fourth-order valence-corrected chi connectivity index (χ4v) is 3.05. The van der Waals surface area contributed by atoms with Gasteiger partial charge in [0.1, 0.15) is 17.9 Å². The van der Waals surface area contributed by atoms with Crippen LogP contribution in [0.5, 0.6) is 5.75 Å². The predicted molar refractivity (Wildman–Crippen MR) is 82.0 cm³/mol. The average molecular weight is 351 g/mol. The summed E-state index contributed by atoms with van der Waals surface area (Å²) in [5.74, 6) is -2.65. The molecule has 24 heavy (non-hydrogen) atoms. The van der Waals surface area contributed by atoms with Gasteiger partial charge < -0.3 is 24.8 Å². The summed E-state index contributed by atoms with van der Waals surface area (Å²) in [5.41, 5.74) is 1.30. The summed E-state index contributed by atoms with van der Waals surface area (Å²) in [6, 6.07) is 0.